The third-order valence-electron chi connectivity index (χ3n) is 3.75. The van der Waals surface area contributed by atoms with E-state index in [4.69, 9.17) is 0 Å². The molecule has 0 amide bonds. The molecular formula is C15H24BrN3. The fourth-order valence-corrected chi connectivity index (χ4v) is 3.48. The van der Waals surface area contributed by atoms with Gasteiger partial charge < -0.3 is 15.1 Å². The van der Waals surface area contributed by atoms with Gasteiger partial charge in [0.1, 0.15) is 0 Å². The van der Waals surface area contributed by atoms with Crippen molar-refractivity contribution in [3.63, 3.8) is 0 Å². The van der Waals surface area contributed by atoms with Gasteiger partial charge >= 0.3 is 0 Å². The molecular weight excluding hydrogens is 302 g/mol. The topological polar surface area (TPSA) is 18.5 Å². The number of halogens is 1. The van der Waals surface area contributed by atoms with Crippen LogP contribution < -0.4 is 10.2 Å². The van der Waals surface area contributed by atoms with E-state index in [0.29, 0.717) is 6.04 Å². The second kappa shape index (κ2) is 6.73. The van der Waals surface area contributed by atoms with Gasteiger partial charge in [-0.15, -0.1) is 0 Å². The first-order valence-corrected chi connectivity index (χ1v) is 7.79. The highest BCUT2D eigenvalue weighted by molar-refractivity contribution is 9.10. The summed E-state index contributed by atoms with van der Waals surface area (Å²) in [6, 6.07) is 7.25. The van der Waals surface area contributed by atoms with Crippen molar-refractivity contribution in [1.82, 2.24) is 10.2 Å². The fraction of sp³-hybridized carbons (Fsp3) is 0.600. The van der Waals surface area contributed by atoms with Gasteiger partial charge in [0.15, 0.2) is 0 Å². The molecule has 0 aromatic heterocycles. The molecule has 1 aliphatic rings. The summed E-state index contributed by atoms with van der Waals surface area (Å²) >= 11 is 3.74. The third kappa shape index (κ3) is 3.71. The van der Waals surface area contributed by atoms with Crippen molar-refractivity contribution < 1.29 is 0 Å². The lowest BCUT2D eigenvalue weighted by Gasteiger charge is -2.31. The minimum absolute atomic E-state index is 0.555. The van der Waals surface area contributed by atoms with E-state index < -0.39 is 0 Å². The zero-order valence-electron chi connectivity index (χ0n) is 12.1. The van der Waals surface area contributed by atoms with Crippen molar-refractivity contribution >= 4 is 21.6 Å². The minimum atomic E-state index is 0.555. The van der Waals surface area contributed by atoms with Crippen LogP contribution in [-0.2, 0) is 6.54 Å². The molecule has 0 spiro atoms. The lowest BCUT2D eigenvalue weighted by atomic mass is 10.1. The third-order valence-corrected chi connectivity index (χ3v) is 4.38. The molecule has 1 saturated heterocycles. The Hall–Kier alpha value is -0.580. The van der Waals surface area contributed by atoms with E-state index in [2.05, 4.69) is 63.2 Å². The number of benzene rings is 1. The highest BCUT2D eigenvalue weighted by Crippen LogP contribution is 2.30. The smallest absolute Gasteiger partial charge is 0.0513 e. The number of anilines is 1. The van der Waals surface area contributed by atoms with Crippen LogP contribution in [0.15, 0.2) is 22.7 Å². The Morgan fingerprint density at radius 3 is 2.84 bits per heavy atom. The van der Waals surface area contributed by atoms with Crippen molar-refractivity contribution in [2.45, 2.75) is 25.9 Å². The number of nitrogens with zero attached hydrogens (tertiary/aromatic N) is 2. The van der Waals surface area contributed by atoms with Gasteiger partial charge in [0.25, 0.3) is 0 Å². The van der Waals surface area contributed by atoms with Crippen molar-refractivity contribution in [1.29, 1.82) is 0 Å². The summed E-state index contributed by atoms with van der Waals surface area (Å²) < 4.78 is 1.21. The molecule has 1 aromatic rings. The molecule has 1 N–H and O–H groups in total. The second-order valence-electron chi connectivity index (χ2n) is 5.47. The van der Waals surface area contributed by atoms with Gasteiger partial charge in [-0.2, -0.15) is 0 Å². The average molecular weight is 326 g/mol. The van der Waals surface area contributed by atoms with Crippen LogP contribution in [0.1, 0.15) is 18.9 Å². The first-order valence-electron chi connectivity index (χ1n) is 7.00. The SMILES string of the molecule is CNCc1ccc(N2CCCN(C)CC2C)c(Br)c1. The van der Waals surface area contributed by atoms with Crippen LogP contribution in [0.3, 0.4) is 0 Å². The van der Waals surface area contributed by atoms with E-state index in [-0.39, 0.29) is 0 Å². The summed E-state index contributed by atoms with van der Waals surface area (Å²) in [4.78, 5) is 4.95. The van der Waals surface area contributed by atoms with E-state index in [9.17, 15) is 0 Å². The molecule has 2 rings (SSSR count). The van der Waals surface area contributed by atoms with Crippen LogP contribution in [0.4, 0.5) is 5.69 Å². The Kier molecular flexibility index (Phi) is 5.25. The van der Waals surface area contributed by atoms with Crippen LogP contribution in [-0.4, -0.2) is 44.7 Å². The maximum Gasteiger partial charge on any atom is 0.0513 e. The van der Waals surface area contributed by atoms with Crippen LogP contribution in [0.25, 0.3) is 0 Å². The molecule has 0 aliphatic carbocycles. The van der Waals surface area contributed by atoms with Gasteiger partial charge in [0.05, 0.1) is 5.69 Å². The molecule has 1 atom stereocenters. The first-order chi connectivity index (χ1) is 9.11. The van der Waals surface area contributed by atoms with Crippen LogP contribution in [0.5, 0.6) is 0 Å². The highest BCUT2D eigenvalue weighted by Gasteiger charge is 2.21. The molecule has 1 aromatic carbocycles. The molecule has 1 heterocycles. The zero-order valence-corrected chi connectivity index (χ0v) is 13.7. The Bertz CT molecular complexity index is 422. The summed E-state index contributed by atoms with van der Waals surface area (Å²) in [6.45, 7) is 6.68. The highest BCUT2D eigenvalue weighted by atomic mass is 79.9. The zero-order chi connectivity index (χ0) is 13.8. The van der Waals surface area contributed by atoms with Gasteiger partial charge in [-0.25, -0.2) is 0 Å². The lowest BCUT2D eigenvalue weighted by Crippen LogP contribution is -2.38. The summed E-state index contributed by atoms with van der Waals surface area (Å²) in [7, 11) is 4.19. The summed E-state index contributed by atoms with van der Waals surface area (Å²) in [5.41, 5.74) is 2.64. The minimum Gasteiger partial charge on any atom is -0.367 e. The van der Waals surface area contributed by atoms with Crippen LogP contribution in [0, 0.1) is 0 Å². The van der Waals surface area contributed by atoms with Crippen molar-refractivity contribution in [2.75, 3.05) is 38.6 Å². The summed E-state index contributed by atoms with van der Waals surface area (Å²) in [6.07, 6.45) is 1.23. The number of hydrogen-bond donors (Lipinski definition) is 1. The van der Waals surface area contributed by atoms with Crippen LogP contribution in [0.2, 0.25) is 0 Å². The monoisotopic (exact) mass is 325 g/mol. The van der Waals surface area contributed by atoms with Gasteiger partial charge in [-0.3, -0.25) is 0 Å². The Morgan fingerprint density at radius 2 is 2.16 bits per heavy atom. The Balaban J connectivity index is 2.20. The van der Waals surface area contributed by atoms with E-state index in [1.54, 1.807) is 0 Å². The second-order valence-corrected chi connectivity index (χ2v) is 6.33. The van der Waals surface area contributed by atoms with Crippen molar-refractivity contribution in [3.8, 4) is 0 Å². The van der Waals surface area contributed by atoms with E-state index in [0.717, 1.165) is 19.6 Å². The Labute approximate surface area is 125 Å². The molecule has 1 fully saturated rings. The fourth-order valence-electron chi connectivity index (χ4n) is 2.83. The molecule has 1 aliphatic heterocycles. The number of rotatable bonds is 3. The molecule has 0 bridgehead atoms. The predicted octanol–water partition coefficient (Wildman–Crippen LogP) is 2.70. The summed E-state index contributed by atoms with van der Waals surface area (Å²) in [5.74, 6) is 0. The largest absolute Gasteiger partial charge is 0.367 e. The van der Waals surface area contributed by atoms with Crippen molar-refractivity contribution in [3.05, 3.63) is 28.2 Å². The molecule has 19 heavy (non-hydrogen) atoms. The van der Waals surface area contributed by atoms with Gasteiger partial charge in [-0.1, -0.05) is 6.07 Å². The molecule has 0 saturated carbocycles. The molecule has 1 unspecified atom stereocenters. The van der Waals surface area contributed by atoms with E-state index in [1.807, 2.05) is 7.05 Å². The molecule has 106 valence electrons. The van der Waals surface area contributed by atoms with Crippen molar-refractivity contribution in [2.24, 2.45) is 0 Å². The predicted molar refractivity (Wildman–Crippen MR) is 85.8 cm³/mol. The van der Waals surface area contributed by atoms with Gasteiger partial charge in [0.2, 0.25) is 0 Å². The Morgan fingerprint density at radius 1 is 1.37 bits per heavy atom. The lowest BCUT2D eigenvalue weighted by molar-refractivity contribution is 0.337. The quantitative estimate of drug-likeness (QED) is 0.921. The van der Waals surface area contributed by atoms with Gasteiger partial charge in [0, 0.05) is 30.1 Å². The number of hydrogen-bond acceptors (Lipinski definition) is 3. The van der Waals surface area contributed by atoms with E-state index >= 15 is 0 Å². The maximum atomic E-state index is 3.74. The summed E-state index contributed by atoms with van der Waals surface area (Å²) in [5, 5.41) is 3.19. The van der Waals surface area contributed by atoms with Crippen LogP contribution >= 0.6 is 15.9 Å². The average Bonchev–Trinajstić information content (AvgIpc) is 2.51. The van der Waals surface area contributed by atoms with E-state index in [1.165, 1.54) is 28.7 Å². The molecule has 0 radical (unpaired) electrons. The normalized spacial score (nSPS) is 21.5. The number of nitrogens with one attached hydrogen (secondary N) is 1. The standard InChI is InChI=1S/C15H24BrN3/c1-12-11-18(3)7-4-8-19(12)15-6-5-13(10-17-2)9-14(15)16/h5-6,9,12,17H,4,7-8,10-11H2,1-3H3. The van der Waals surface area contributed by atoms with Gasteiger partial charge in [-0.05, 0) is 67.6 Å². The first kappa shape index (κ1) is 14.8. The molecule has 4 heteroatoms. The molecule has 3 nitrogen and oxygen atoms in total. The maximum absolute atomic E-state index is 3.74. The number of likely N-dealkylation sites (N-methyl/N-ethyl adjacent to an activating group) is 1.